The lowest BCUT2D eigenvalue weighted by atomic mass is 10.2. The van der Waals surface area contributed by atoms with Gasteiger partial charge < -0.3 is 10.4 Å². The molecular weight excluding hydrogens is 348 g/mol. The molecule has 0 aromatic carbocycles. The molecule has 3 aromatic heterocycles. The number of aromatic nitrogens is 4. The fourth-order valence-corrected chi connectivity index (χ4v) is 3.25. The van der Waals surface area contributed by atoms with Crippen LogP contribution in [0.2, 0.25) is 0 Å². The van der Waals surface area contributed by atoms with Gasteiger partial charge in [0.2, 0.25) is 5.95 Å². The molecule has 27 heavy (non-hydrogen) atoms. The molecule has 1 saturated carbocycles. The van der Waals surface area contributed by atoms with Crippen LogP contribution in [0.4, 0.5) is 11.6 Å². The number of carbonyl (C=O) groups excluding carboxylic acids is 1. The highest BCUT2D eigenvalue weighted by atomic mass is 16.4. The fraction of sp³-hybridized carbons (Fsp3) is 0.278. The van der Waals surface area contributed by atoms with Crippen LogP contribution in [-0.4, -0.2) is 42.6 Å². The second kappa shape index (κ2) is 7.02. The quantitative estimate of drug-likeness (QED) is 0.634. The Morgan fingerprint density at radius 3 is 2.70 bits per heavy atom. The number of aromatic carboxylic acids is 1. The van der Waals surface area contributed by atoms with Crippen LogP contribution in [0, 0.1) is 0 Å². The van der Waals surface area contributed by atoms with E-state index in [1.807, 2.05) is 0 Å². The lowest BCUT2D eigenvalue weighted by Crippen LogP contribution is -2.16. The van der Waals surface area contributed by atoms with Crippen LogP contribution in [0.1, 0.15) is 46.5 Å². The SMILES string of the molecule is O=C(Nc1nc2c(NC3CCCC3)ccc(C(=O)O)n2n1)c1cccnc1. The average Bonchev–Trinajstić information content (AvgIpc) is 3.32. The van der Waals surface area contributed by atoms with Crippen molar-refractivity contribution in [3.05, 3.63) is 47.9 Å². The van der Waals surface area contributed by atoms with E-state index in [1.165, 1.54) is 29.6 Å². The molecule has 0 radical (unpaired) electrons. The maximum atomic E-state index is 12.3. The summed E-state index contributed by atoms with van der Waals surface area (Å²) in [7, 11) is 0. The number of pyridine rings is 2. The van der Waals surface area contributed by atoms with Gasteiger partial charge in [0.25, 0.3) is 5.91 Å². The third kappa shape index (κ3) is 3.43. The summed E-state index contributed by atoms with van der Waals surface area (Å²) >= 11 is 0. The summed E-state index contributed by atoms with van der Waals surface area (Å²) in [5.41, 5.74) is 1.39. The summed E-state index contributed by atoms with van der Waals surface area (Å²) in [6.45, 7) is 0. The van der Waals surface area contributed by atoms with Gasteiger partial charge in [-0.05, 0) is 37.1 Å². The Morgan fingerprint density at radius 1 is 1.19 bits per heavy atom. The number of carboxylic acid groups (broad SMARTS) is 1. The molecule has 0 atom stereocenters. The Morgan fingerprint density at radius 2 is 2.00 bits per heavy atom. The summed E-state index contributed by atoms with van der Waals surface area (Å²) in [5, 5.41) is 19.6. The van der Waals surface area contributed by atoms with Gasteiger partial charge in [0.1, 0.15) is 0 Å². The van der Waals surface area contributed by atoms with E-state index in [1.54, 1.807) is 24.4 Å². The van der Waals surface area contributed by atoms with Crippen LogP contribution >= 0.6 is 0 Å². The second-order valence-corrected chi connectivity index (χ2v) is 6.43. The van der Waals surface area contributed by atoms with E-state index in [2.05, 4.69) is 25.7 Å². The van der Waals surface area contributed by atoms with Crippen molar-refractivity contribution in [2.45, 2.75) is 31.7 Å². The molecule has 0 unspecified atom stereocenters. The van der Waals surface area contributed by atoms with E-state index in [0.717, 1.165) is 12.8 Å². The lowest BCUT2D eigenvalue weighted by Gasteiger charge is -2.14. The monoisotopic (exact) mass is 366 g/mol. The van der Waals surface area contributed by atoms with Crippen molar-refractivity contribution in [2.24, 2.45) is 0 Å². The van der Waals surface area contributed by atoms with E-state index in [0.29, 0.717) is 22.9 Å². The van der Waals surface area contributed by atoms with E-state index < -0.39 is 11.9 Å². The van der Waals surface area contributed by atoms with Gasteiger partial charge in [0.15, 0.2) is 11.3 Å². The number of hydrogen-bond acceptors (Lipinski definition) is 6. The van der Waals surface area contributed by atoms with Gasteiger partial charge >= 0.3 is 5.97 Å². The number of anilines is 2. The zero-order chi connectivity index (χ0) is 18.8. The molecule has 4 rings (SSSR count). The number of nitrogens with one attached hydrogen (secondary N) is 2. The molecule has 9 heteroatoms. The van der Waals surface area contributed by atoms with Crippen molar-refractivity contribution in [1.82, 2.24) is 19.6 Å². The molecule has 0 spiro atoms. The summed E-state index contributed by atoms with van der Waals surface area (Å²) in [4.78, 5) is 32.1. The number of amides is 1. The summed E-state index contributed by atoms with van der Waals surface area (Å²) in [6.07, 6.45) is 7.46. The summed E-state index contributed by atoms with van der Waals surface area (Å²) < 4.78 is 1.23. The Bertz CT molecular complexity index is 995. The number of carboxylic acids is 1. The van der Waals surface area contributed by atoms with Gasteiger partial charge in [0, 0.05) is 18.4 Å². The Balaban J connectivity index is 1.68. The molecule has 3 N–H and O–H groups in total. The second-order valence-electron chi connectivity index (χ2n) is 6.43. The van der Waals surface area contributed by atoms with Crippen LogP contribution in [0.5, 0.6) is 0 Å². The minimum atomic E-state index is -1.12. The number of rotatable bonds is 5. The van der Waals surface area contributed by atoms with E-state index in [-0.39, 0.29) is 11.6 Å². The van der Waals surface area contributed by atoms with Gasteiger partial charge in [-0.1, -0.05) is 12.8 Å². The summed E-state index contributed by atoms with van der Waals surface area (Å²) in [6, 6.07) is 6.77. The molecule has 9 nitrogen and oxygen atoms in total. The molecular formula is C18H18N6O3. The first kappa shape index (κ1) is 17.0. The third-order valence-corrected chi connectivity index (χ3v) is 4.57. The molecule has 1 fully saturated rings. The Labute approximate surface area is 154 Å². The molecule has 1 amide bonds. The zero-order valence-electron chi connectivity index (χ0n) is 14.4. The Kier molecular flexibility index (Phi) is 4.41. The first-order valence-corrected chi connectivity index (χ1v) is 8.73. The van der Waals surface area contributed by atoms with Gasteiger partial charge in [-0.3, -0.25) is 15.1 Å². The summed E-state index contributed by atoms with van der Waals surface area (Å²) in [5.74, 6) is -1.50. The van der Waals surface area contributed by atoms with Gasteiger partial charge in [-0.2, -0.15) is 4.98 Å². The smallest absolute Gasteiger partial charge is 0.354 e. The van der Waals surface area contributed by atoms with Crippen molar-refractivity contribution >= 4 is 29.2 Å². The van der Waals surface area contributed by atoms with Crippen LogP contribution in [0.25, 0.3) is 5.65 Å². The van der Waals surface area contributed by atoms with Gasteiger partial charge in [0.05, 0.1) is 11.3 Å². The van der Waals surface area contributed by atoms with E-state index in [9.17, 15) is 14.7 Å². The molecule has 0 saturated heterocycles. The zero-order valence-corrected chi connectivity index (χ0v) is 14.4. The largest absolute Gasteiger partial charge is 0.477 e. The number of fused-ring (bicyclic) bond motifs is 1. The van der Waals surface area contributed by atoms with Crippen LogP contribution in [-0.2, 0) is 0 Å². The topological polar surface area (TPSA) is 122 Å². The minimum Gasteiger partial charge on any atom is -0.477 e. The molecule has 0 bridgehead atoms. The van der Waals surface area contributed by atoms with Crippen molar-refractivity contribution in [2.75, 3.05) is 10.6 Å². The van der Waals surface area contributed by atoms with Crippen LogP contribution < -0.4 is 10.6 Å². The van der Waals surface area contributed by atoms with E-state index >= 15 is 0 Å². The van der Waals surface area contributed by atoms with Gasteiger partial charge in [-0.25, -0.2) is 9.31 Å². The predicted molar refractivity (Wildman–Crippen MR) is 98.0 cm³/mol. The molecule has 138 valence electrons. The predicted octanol–water partition coefficient (Wildman–Crippen LogP) is 2.43. The van der Waals surface area contributed by atoms with Crippen molar-refractivity contribution < 1.29 is 14.7 Å². The van der Waals surface area contributed by atoms with Crippen LogP contribution in [0.3, 0.4) is 0 Å². The first-order valence-electron chi connectivity index (χ1n) is 8.73. The number of carbonyl (C=O) groups is 2. The highest BCUT2D eigenvalue weighted by molar-refractivity contribution is 6.03. The highest BCUT2D eigenvalue weighted by Crippen LogP contribution is 2.25. The maximum Gasteiger partial charge on any atom is 0.354 e. The highest BCUT2D eigenvalue weighted by Gasteiger charge is 2.20. The fourth-order valence-electron chi connectivity index (χ4n) is 3.25. The van der Waals surface area contributed by atoms with Crippen LogP contribution in [0.15, 0.2) is 36.7 Å². The molecule has 1 aliphatic carbocycles. The minimum absolute atomic E-state index is 0.0312. The molecule has 3 aromatic rings. The van der Waals surface area contributed by atoms with Crippen molar-refractivity contribution in [1.29, 1.82) is 0 Å². The van der Waals surface area contributed by atoms with Gasteiger partial charge in [-0.15, -0.1) is 5.10 Å². The number of nitrogens with zero attached hydrogens (tertiary/aromatic N) is 4. The van der Waals surface area contributed by atoms with E-state index in [4.69, 9.17) is 0 Å². The maximum absolute atomic E-state index is 12.3. The standard InChI is InChI=1S/C18H18N6O3/c25-16(11-4-3-9-19-10-11)22-18-21-15-13(20-12-5-1-2-6-12)7-8-14(17(26)27)24(15)23-18/h3-4,7-10,12,20H,1-2,5-6H2,(H,26,27)(H,22,23,25). The molecule has 1 aliphatic rings. The first-order chi connectivity index (χ1) is 13.1. The lowest BCUT2D eigenvalue weighted by molar-refractivity contribution is 0.0687. The normalized spacial score (nSPS) is 14.4. The van der Waals surface area contributed by atoms with Crippen molar-refractivity contribution in [3.8, 4) is 0 Å². The average molecular weight is 366 g/mol. The number of hydrogen-bond donors (Lipinski definition) is 3. The third-order valence-electron chi connectivity index (χ3n) is 4.57. The molecule has 0 aliphatic heterocycles. The Hall–Kier alpha value is -3.49. The van der Waals surface area contributed by atoms with Crippen molar-refractivity contribution in [3.63, 3.8) is 0 Å². The molecule has 3 heterocycles.